The van der Waals surface area contributed by atoms with Crippen molar-refractivity contribution in [1.29, 1.82) is 0 Å². The SMILES string of the molecule is CCC(C)N(CCC(=O)Nc1nnc(-c2ccc(Cl)cc2)s1)C(=O)c1ccc(C)c([N+](=O)[O-])c1. The molecule has 11 heteroatoms. The van der Waals surface area contributed by atoms with Crippen LogP contribution in [0, 0.1) is 17.0 Å². The quantitative estimate of drug-likeness (QED) is 0.312. The van der Waals surface area contributed by atoms with Crippen molar-refractivity contribution in [1.82, 2.24) is 15.1 Å². The van der Waals surface area contributed by atoms with Gasteiger partial charge in [-0.2, -0.15) is 0 Å². The first kappa shape index (κ1) is 25.3. The van der Waals surface area contributed by atoms with E-state index in [1.165, 1.54) is 17.4 Å². The summed E-state index contributed by atoms with van der Waals surface area (Å²) in [6, 6.07) is 11.4. The fourth-order valence-electron chi connectivity index (χ4n) is 3.23. The van der Waals surface area contributed by atoms with E-state index in [-0.39, 0.29) is 42.1 Å². The number of aromatic nitrogens is 2. The van der Waals surface area contributed by atoms with Gasteiger partial charge in [-0.15, -0.1) is 10.2 Å². The molecule has 0 saturated carbocycles. The van der Waals surface area contributed by atoms with Crippen LogP contribution in [0.2, 0.25) is 5.02 Å². The van der Waals surface area contributed by atoms with Gasteiger partial charge in [0.15, 0.2) is 0 Å². The number of amides is 2. The van der Waals surface area contributed by atoms with Crippen molar-refractivity contribution in [3.8, 4) is 10.6 Å². The van der Waals surface area contributed by atoms with Crippen molar-refractivity contribution in [3.05, 3.63) is 68.7 Å². The number of hydrogen-bond donors (Lipinski definition) is 1. The average molecular weight is 502 g/mol. The number of carbonyl (C=O) groups is 2. The zero-order valence-electron chi connectivity index (χ0n) is 18.9. The number of nitrogens with zero attached hydrogens (tertiary/aromatic N) is 4. The summed E-state index contributed by atoms with van der Waals surface area (Å²) in [7, 11) is 0. The predicted molar refractivity (Wildman–Crippen MR) is 132 cm³/mol. The van der Waals surface area contributed by atoms with Gasteiger partial charge in [-0.3, -0.25) is 19.7 Å². The summed E-state index contributed by atoms with van der Waals surface area (Å²) < 4.78 is 0. The summed E-state index contributed by atoms with van der Waals surface area (Å²) in [5.41, 5.74) is 1.42. The third-order valence-corrected chi connectivity index (χ3v) is 6.52. The Bertz CT molecular complexity index is 1200. The molecule has 34 heavy (non-hydrogen) atoms. The van der Waals surface area contributed by atoms with Crippen LogP contribution in [0.1, 0.15) is 42.6 Å². The van der Waals surface area contributed by atoms with Gasteiger partial charge in [-0.25, -0.2) is 0 Å². The number of rotatable bonds is 9. The van der Waals surface area contributed by atoms with E-state index in [0.717, 1.165) is 5.56 Å². The lowest BCUT2D eigenvalue weighted by molar-refractivity contribution is -0.385. The predicted octanol–water partition coefficient (Wildman–Crippen LogP) is 5.34. The molecule has 1 unspecified atom stereocenters. The maximum absolute atomic E-state index is 13.1. The van der Waals surface area contributed by atoms with Gasteiger partial charge in [0, 0.05) is 46.8 Å². The third kappa shape index (κ3) is 6.15. The van der Waals surface area contributed by atoms with Crippen LogP contribution < -0.4 is 5.32 Å². The van der Waals surface area contributed by atoms with Crippen LogP contribution in [0.5, 0.6) is 0 Å². The second-order valence-corrected chi connectivity index (χ2v) is 9.15. The Labute approximate surface area is 205 Å². The minimum atomic E-state index is -0.506. The monoisotopic (exact) mass is 501 g/mol. The molecule has 178 valence electrons. The number of anilines is 1. The number of nitro benzene ring substituents is 1. The van der Waals surface area contributed by atoms with Crippen molar-refractivity contribution in [2.24, 2.45) is 0 Å². The molecule has 0 fully saturated rings. The van der Waals surface area contributed by atoms with E-state index >= 15 is 0 Å². The first-order chi connectivity index (χ1) is 16.2. The standard InChI is InChI=1S/C23H24ClN5O4S/c1-4-15(3)28(22(31)17-6-5-14(2)19(13-17)29(32)33)12-11-20(30)25-23-27-26-21(34-23)16-7-9-18(24)10-8-16/h5-10,13,15H,4,11-12H2,1-3H3,(H,25,27,30). The molecule has 9 nitrogen and oxygen atoms in total. The van der Waals surface area contributed by atoms with Crippen molar-refractivity contribution in [2.75, 3.05) is 11.9 Å². The van der Waals surface area contributed by atoms with Gasteiger partial charge in [-0.1, -0.05) is 48.1 Å². The number of benzene rings is 2. The van der Waals surface area contributed by atoms with Crippen LogP contribution in [0.4, 0.5) is 10.8 Å². The van der Waals surface area contributed by atoms with E-state index < -0.39 is 4.92 Å². The van der Waals surface area contributed by atoms with Gasteiger partial charge >= 0.3 is 0 Å². The number of halogens is 1. The normalized spacial score (nSPS) is 11.6. The molecule has 2 amide bonds. The Morgan fingerprint density at radius 3 is 2.56 bits per heavy atom. The fourth-order valence-corrected chi connectivity index (χ4v) is 4.13. The van der Waals surface area contributed by atoms with Gasteiger partial charge in [0.2, 0.25) is 11.0 Å². The molecule has 2 aromatic carbocycles. The molecule has 3 aromatic rings. The maximum atomic E-state index is 13.1. The molecule has 1 atom stereocenters. The minimum absolute atomic E-state index is 0.0416. The number of aryl methyl sites for hydroxylation is 1. The molecular formula is C23H24ClN5O4S. The molecule has 0 radical (unpaired) electrons. The van der Waals surface area contributed by atoms with Crippen molar-refractivity contribution < 1.29 is 14.5 Å². The molecule has 1 N–H and O–H groups in total. The molecule has 0 bridgehead atoms. The summed E-state index contributed by atoms with van der Waals surface area (Å²) in [4.78, 5) is 38.0. The van der Waals surface area contributed by atoms with Crippen LogP contribution in [0.15, 0.2) is 42.5 Å². The highest BCUT2D eigenvalue weighted by atomic mass is 35.5. The molecular weight excluding hydrogens is 478 g/mol. The third-order valence-electron chi connectivity index (χ3n) is 5.38. The van der Waals surface area contributed by atoms with Crippen LogP contribution in [-0.4, -0.2) is 44.4 Å². The highest BCUT2D eigenvalue weighted by molar-refractivity contribution is 7.18. The van der Waals surface area contributed by atoms with Crippen LogP contribution in [0.25, 0.3) is 10.6 Å². The Kier molecular flexibility index (Phi) is 8.30. The summed E-state index contributed by atoms with van der Waals surface area (Å²) in [6.07, 6.45) is 0.710. The highest BCUT2D eigenvalue weighted by Crippen LogP contribution is 2.27. The molecule has 0 aliphatic carbocycles. The van der Waals surface area contributed by atoms with Gasteiger partial charge in [0.25, 0.3) is 11.6 Å². The summed E-state index contributed by atoms with van der Waals surface area (Å²) in [5.74, 6) is -0.666. The van der Waals surface area contributed by atoms with Crippen molar-refractivity contribution in [3.63, 3.8) is 0 Å². The second-order valence-electron chi connectivity index (χ2n) is 7.73. The lowest BCUT2D eigenvalue weighted by Crippen LogP contribution is -2.40. The summed E-state index contributed by atoms with van der Waals surface area (Å²) in [5, 5.41) is 23.7. The molecule has 0 aliphatic rings. The Balaban J connectivity index is 1.67. The molecule has 0 spiro atoms. The van der Waals surface area contributed by atoms with E-state index in [1.807, 2.05) is 26.0 Å². The van der Waals surface area contributed by atoms with Crippen LogP contribution >= 0.6 is 22.9 Å². The largest absolute Gasteiger partial charge is 0.335 e. The first-order valence-corrected chi connectivity index (χ1v) is 11.8. The molecule has 1 aromatic heterocycles. The van der Waals surface area contributed by atoms with Gasteiger partial charge in [0.1, 0.15) is 5.01 Å². The first-order valence-electron chi connectivity index (χ1n) is 10.6. The van der Waals surface area contributed by atoms with Gasteiger partial charge in [-0.05, 0) is 38.5 Å². The lowest BCUT2D eigenvalue weighted by Gasteiger charge is -2.28. The van der Waals surface area contributed by atoms with Crippen LogP contribution in [0.3, 0.4) is 0 Å². The van der Waals surface area contributed by atoms with E-state index in [1.54, 1.807) is 36.1 Å². The topological polar surface area (TPSA) is 118 Å². The Morgan fingerprint density at radius 2 is 1.91 bits per heavy atom. The average Bonchev–Trinajstić information content (AvgIpc) is 3.27. The number of nitrogens with one attached hydrogen (secondary N) is 1. The fraction of sp³-hybridized carbons (Fsp3) is 0.304. The number of carbonyl (C=O) groups excluding carboxylic acids is 2. The molecule has 1 heterocycles. The van der Waals surface area contributed by atoms with Gasteiger partial charge < -0.3 is 10.2 Å². The van der Waals surface area contributed by atoms with Crippen molar-refractivity contribution in [2.45, 2.75) is 39.7 Å². The van der Waals surface area contributed by atoms with Crippen molar-refractivity contribution >= 4 is 45.6 Å². The molecule has 0 saturated heterocycles. The van der Waals surface area contributed by atoms with E-state index in [4.69, 9.17) is 11.6 Å². The number of nitro groups is 1. The van der Waals surface area contributed by atoms with E-state index in [0.29, 0.717) is 27.1 Å². The molecule has 3 rings (SSSR count). The molecule has 0 aliphatic heterocycles. The van der Waals surface area contributed by atoms with E-state index in [9.17, 15) is 19.7 Å². The smallest absolute Gasteiger partial charge is 0.273 e. The Morgan fingerprint density at radius 1 is 1.21 bits per heavy atom. The van der Waals surface area contributed by atoms with Gasteiger partial charge in [0.05, 0.1) is 4.92 Å². The zero-order chi connectivity index (χ0) is 24.8. The minimum Gasteiger partial charge on any atom is -0.335 e. The Hall–Kier alpha value is -3.37. The maximum Gasteiger partial charge on any atom is 0.273 e. The lowest BCUT2D eigenvalue weighted by atomic mass is 10.1. The van der Waals surface area contributed by atoms with E-state index in [2.05, 4.69) is 15.5 Å². The zero-order valence-corrected chi connectivity index (χ0v) is 20.5. The number of hydrogen-bond acceptors (Lipinski definition) is 7. The summed E-state index contributed by atoms with van der Waals surface area (Å²) >= 11 is 7.14. The van der Waals surface area contributed by atoms with Crippen LogP contribution in [-0.2, 0) is 4.79 Å². The second kappa shape index (κ2) is 11.2. The summed E-state index contributed by atoms with van der Waals surface area (Å²) in [6.45, 7) is 5.59. The highest BCUT2D eigenvalue weighted by Gasteiger charge is 2.24.